The smallest absolute Gasteiger partial charge is 0.166 e. The molecule has 0 aromatic heterocycles. The second-order valence-electron chi connectivity index (χ2n) is 4.30. The monoisotopic (exact) mass is 202 g/mol. The second-order valence-corrected chi connectivity index (χ2v) is 4.30. The number of rotatable bonds is 3. The Morgan fingerprint density at radius 3 is 2.86 bits per heavy atom. The van der Waals surface area contributed by atoms with Crippen LogP contribution in [0.5, 0.6) is 0 Å². The van der Waals surface area contributed by atoms with E-state index >= 15 is 0 Å². The number of hydrogen-bond donors (Lipinski definition) is 1. The van der Waals surface area contributed by atoms with Gasteiger partial charge in [0.2, 0.25) is 0 Å². The van der Waals surface area contributed by atoms with Gasteiger partial charge in [-0.2, -0.15) is 0 Å². The Balaban J connectivity index is 1.83. The van der Waals surface area contributed by atoms with Gasteiger partial charge in [-0.25, -0.2) is 0 Å². The highest BCUT2D eigenvalue weighted by molar-refractivity contribution is 4.79. The molecule has 0 aromatic rings. The Morgan fingerprint density at radius 1 is 1.43 bits per heavy atom. The Bertz CT molecular complexity index is 191. The van der Waals surface area contributed by atoms with Crippen LogP contribution >= 0.6 is 0 Å². The molecule has 4 nitrogen and oxygen atoms in total. The Hall–Kier alpha value is -0.160. The molecule has 4 heteroatoms. The highest BCUT2D eigenvalue weighted by Crippen LogP contribution is 2.32. The van der Waals surface area contributed by atoms with Crippen LogP contribution < -0.4 is 0 Å². The van der Waals surface area contributed by atoms with Crippen molar-refractivity contribution < 1.29 is 19.3 Å². The molecule has 0 amide bonds. The minimum Gasteiger partial charge on any atom is -0.394 e. The number of aliphatic hydroxyl groups is 1. The van der Waals surface area contributed by atoms with Gasteiger partial charge in [0.25, 0.3) is 0 Å². The third-order valence-electron chi connectivity index (χ3n) is 2.88. The molecule has 0 saturated carbocycles. The fourth-order valence-corrected chi connectivity index (χ4v) is 2.16. The average molecular weight is 202 g/mol. The second kappa shape index (κ2) is 4.14. The topological polar surface area (TPSA) is 47.9 Å². The molecule has 0 aliphatic carbocycles. The quantitative estimate of drug-likeness (QED) is 0.725. The number of aliphatic hydroxyl groups excluding tert-OH is 1. The fourth-order valence-electron chi connectivity index (χ4n) is 2.16. The molecule has 2 heterocycles. The highest BCUT2D eigenvalue weighted by atomic mass is 16.7. The molecule has 2 fully saturated rings. The van der Waals surface area contributed by atoms with Gasteiger partial charge in [-0.3, -0.25) is 0 Å². The molecule has 14 heavy (non-hydrogen) atoms. The minimum atomic E-state index is -0.508. The SMILES string of the molecule is CC1(CC2CCOC2)OCC(CO)O1. The van der Waals surface area contributed by atoms with Crippen LogP contribution in [0.4, 0.5) is 0 Å². The molecule has 1 N–H and O–H groups in total. The minimum absolute atomic E-state index is 0.0384. The van der Waals surface area contributed by atoms with Crippen molar-refractivity contribution in [2.24, 2.45) is 5.92 Å². The lowest BCUT2D eigenvalue weighted by molar-refractivity contribution is -0.169. The standard InChI is InChI=1S/C10H18O4/c1-10(4-8-2-3-12-6-8)13-7-9(5-11)14-10/h8-9,11H,2-7H2,1H3. The molecule has 2 rings (SSSR count). The lowest BCUT2D eigenvalue weighted by atomic mass is 9.99. The summed E-state index contributed by atoms with van der Waals surface area (Å²) in [4.78, 5) is 0. The molecular formula is C10H18O4. The zero-order chi connectivity index (χ0) is 10.0. The molecule has 0 radical (unpaired) electrons. The van der Waals surface area contributed by atoms with E-state index in [1.165, 1.54) is 0 Å². The van der Waals surface area contributed by atoms with E-state index in [1.807, 2.05) is 6.92 Å². The third-order valence-corrected chi connectivity index (χ3v) is 2.88. The molecule has 2 saturated heterocycles. The van der Waals surface area contributed by atoms with Gasteiger partial charge in [0, 0.05) is 19.6 Å². The molecule has 0 aromatic carbocycles. The first-order valence-corrected chi connectivity index (χ1v) is 5.22. The van der Waals surface area contributed by atoms with E-state index < -0.39 is 5.79 Å². The lowest BCUT2D eigenvalue weighted by Crippen LogP contribution is -2.30. The maximum atomic E-state index is 8.93. The molecule has 3 atom stereocenters. The lowest BCUT2D eigenvalue weighted by Gasteiger charge is -2.25. The number of hydrogen-bond acceptors (Lipinski definition) is 4. The summed E-state index contributed by atoms with van der Waals surface area (Å²) in [5.41, 5.74) is 0. The van der Waals surface area contributed by atoms with E-state index in [1.54, 1.807) is 0 Å². The summed E-state index contributed by atoms with van der Waals surface area (Å²) >= 11 is 0. The van der Waals surface area contributed by atoms with Crippen molar-refractivity contribution in [1.29, 1.82) is 0 Å². The largest absolute Gasteiger partial charge is 0.394 e. The predicted octanol–water partition coefficient (Wildman–Crippen LogP) is 0.537. The van der Waals surface area contributed by atoms with Gasteiger partial charge in [-0.1, -0.05) is 0 Å². The Kier molecular flexibility index (Phi) is 3.07. The van der Waals surface area contributed by atoms with Crippen molar-refractivity contribution in [2.75, 3.05) is 26.4 Å². The van der Waals surface area contributed by atoms with Crippen LogP contribution in [0.1, 0.15) is 19.8 Å². The summed E-state index contributed by atoms with van der Waals surface area (Å²) in [5, 5.41) is 8.93. The normalized spacial score (nSPS) is 43.3. The van der Waals surface area contributed by atoms with Crippen molar-refractivity contribution in [3.63, 3.8) is 0 Å². The van der Waals surface area contributed by atoms with Crippen LogP contribution in [0.2, 0.25) is 0 Å². The van der Waals surface area contributed by atoms with Crippen LogP contribution in [-0.4, -0.2) is 43.4 Å². The number of ether oxygens (including phenoxy) is 3. The van der Waals surface area contributed by atoms with Crippen molar-refractivity contribution in [2.45, 2.75) is 31.7 Å². The van der Waals surface area contributed by atoms with Crippen LogP contribution in [0.3, 0.4) is 0 Å². The summed E-state index contributed by atoms with van der Waals surface area (Å²) < 4.78 is 16.5. The third kappa shape index (κ3) is 2.25. The fraction of sp³-hybridized carbons (Fsp3) is 1.00. The molecule has 3 unspecified atom stereocenters. The zero-order valence-corrected chi connectivity index (χ0v) is 8.57. The predicted molar refractivity (Wildman–Crippen MR) is 49.9 cm³/mol. The highest BCUT2D eigenvalue weighted by Gasteiger charge is 2.39. The Labute approximate surface area is 84.1 Å². The van der Waals surface area contributed by atoms with E-state index in [2.05, 4.69) is 0 Å². The van der Waals surface area contributed by atoms with Crippen molar-refractivity contribution in [3.05, 3.63) is 0 Å². The van der Waals surface area contributed by atoms with Gasteiger partial charge < -0.3 is 19.3 Å². The molecule has 82 valence electrons. The molecule has 2 aliphatic rings. The van der Waals surface area contributed by atoms with E-state index in [0.29, 0.717) is 12.5 Å². The molecule has 0 spiro atoms. The summed E-state index contributed by atoms with van der Waals surface area (Å²) in [6.45, 7) is 4.15. The summed E-state index contributed by atoms with van der Waals surface area (Å²) in [6.07, 6.45) is 1.80. The van der Waals surface area contributed by atoms with E-state index in [0.717, 1.165) is 26.1 Å². The zero-order valence-electron chi connectivity index (χ0n) is 8.57. The van der Waals surface area contributed by atoms with E-state index in [-0.39, 0.29) is 12.7 Å². The first-order valence-electron chi connectivity index (χ1n) is 5.22. The van der Waals surface area contributed by atoms with Crippen molar-refractivity contribution in [3.8, 4) is 0 Å². The van der Waals surface area contributed by atoms with Gasteiger partial charge in [-0.05, 0) is 19.3 Å². The Morgan fingerprint density at radius 2 is 2.29 bits per heavy atom. The van der Waals surface area contributed by atoms with Gasteiger partial charge in [-0.15, -0.1) is 0 Å². The van der Waals surface area contributed by atoms with Crippen LogP contribution in [0, 0.1) is 5.92 Å². The first-order chi connectivity index (χ1) is 6.72. The van der Waals surface area contributed by atoms with Crippen LogP contribution in [0.25, 0.3) is 0 Å². The van der Waals surface area contributed by atoms with E-state index in [9.17, 15) is 0 Å². The maximum absolute atomic E-state index is 8.93. The van der Waals surface area contributed by atoms with Gasteiger partial charge in [0.1, 0.15) is 6.10 Å². The summed E-state index contributed by atoms with van der Waals surface area (Å²) in [5.74, 6) is 0.0311. The maximum Gasteiger partial charge on any atom is 0.166 e. The van der Waals surface area contributed by atoms with Gasteiger partial charge in [0.05, 0.1) is 13.2 Å². The van der Waals surface area contributed by atoms with Crippen molar-refractivity contribution >= 4 is 0 Å². The van der Waals surface area contributed by atoms with Crippen LogP contribution in [0.15, 0.2) is 0 Å². The molecule has 0 bridgehead atoms. The summed E-state index contributed by atoms with van der Waals surface area (Å²) in [7, 11) is 0. The average Bonchev–Trinajstić information content (AvgIpc) is 2.76. The van der Waals surface area contributed by atoms with Gasteiger partial charge >= 0.3 is 0 Å². The van der Waals surface area contributed by atoms with Crippen LogP contribution in [-0.2, 0) is 14.2 Å². The van der Waals surface area contributed by atoms with Crippen molar-refractivity contribution in [1.82, 2.24) is 0 Å². The molecular weight excluding hydrogens is 184 g/mol. The van der Waals surface area contributed by atoms with Gasteiger partial charge in [0.15, 0.2) is 5.79 Å². The summed E-state index contributed by atoms with van der Waals surface area (Å²) in [6, 6.07) is 0. The first kappa shape index (κ1) is 10.4. The van der Waals surface area contributed by atoms with E-state index in [4.69, 9.17) is 19.3 Å². The molecule has 2 aliphatic heterocycles.